The van der Waals surface area contributed by atoms with E-state index in [1.165, 1.54) is 0 Å². The molecule has 1 aromatic carbocycles. The van der Waals surface area contributed by atoms with Crippen molar-refractivity contribution in [1.82, 2.24) is 5.32 Å². The smallest absolute Gasteiger partial charge is 0.451 e. The minimum Gasteiger partial charge on any atom is -0.451 e. The summed E-state index contributed by atoms with van der Waals surface area (Å²) in [4.78, 5) is 34.9. The van der Waals surface area contributed by atoms with Crippen LogP contribution in [0, 0.1) is 0 Å². The molecule has 2 atom stereocenters. The second-order valence-corrected chi connectivity index (χ2v) is 8.99. The largest absolute Gasteiger partial charge is 0.460 e. The first-order valence-corrected chi connectivity index (χ1v) is 11.2. The summed E-state index contributed by atoms with van der Waals surface area (Å²) in [5, 5.41) is 0.491. The Balaban J connectivity index is 3.71. The maximum atomic E-state index is 13.9. The molecule has 0 bridgehead atoms. The number of alkyl halides is 21. The SMILES string of the molecule is CC(NC(=O)C(F)(F)C(F)(F)C(F)(F)F)C(OC(=O)C(F)(F)C(F)(F)C(F)(F)F)c1cccc(OC(=O)C(F)(F)C(F)(F)C(F)(F)F)c1. The molecule has 0 spiro atoms. The third kappa shape index (κ3) is 7.41. The van der Waals surface area contributed by atoms with Gasteiger partial charge < -0.3 is 14.8 Å². The van der Waals surface area contributed by atoms with Crippen LogP contribution in [0.15, 0.2) is 24.3 Å². The van der Waals surface area contributed by atoms with Crippen LogP contribution in [0.25, 0.3) is 0 Å². The Kier molecular flexibility index (Phi) is 11.0. The Morgan fingerprint density at radius 3 is 1.35 bits per heavy atom. The number of ether oxygens (including phenoxy) is 2. The molecule has 0 aliphatic rings. The van der Waals surface area contributed by atoms with E-state index in [-0.39, 0.29) is 31.2 Å². The Bertz CT molecular complexity index is 1360. The Hall–Kier alpha value is -3.84. The summed E-state index contributed by atoms with van der Waals surface area (Å²) in [7, 11) is 0. The van der Waals surface area contributed by atoms with Crippen molar-refractivity contribution in [1.29, 1.82) is 0 Å². The van der Waals surface area contributed by atoms with Gasteiger partial charge in [-0.1, -0.05) is 12.1 Å². The predicted molar refractivity (Wildman–Crippen MR) is 106 cm³/mol. The minimum absolute atomic E-state index is 0.00835. The highest BCUT2D eigenvalue weighted by atomic mass is 19.4. The number of amides is 1. The molecule has 1 aromatic rings. The van der Waals surface area contributed by atoms with E-state index in [0.717, 1.165) is 0 Å². The van der Waals surface area contributed by atoms with Gasteiger partial charge in [-0.15, -0.1) is 0 Å². The van der Waals surface area contributed by atoms with Gasteiger partial charge in [-0.05, 0) is 24.6 Å². The Labute approximate surface area is 249 Å². The van der Waals surface area contributed by atoms with E-state index in [9.17, 15) is 107 Å². The predicted octanol–water partition coefficient (Wildman–Crippen LogP) is 7.18. The highest BCUT2D eigenvalue weighted by molar-refractivity contribution is 5.85. The molecule has 6 nitrogen and oxygen atoms in total. The first-order valence-electron chi connectivity index (χ1n) is 11.2. The Morgan fingerprint density at radius 2 is 0.958 bits per heavy atom. The fourth-order valence-electron chi connectivity index (χ4n) is 2.88. The van der Waals surface area contributed by atoms with Gasteiger partial charge in [0.2, 0.25) is 0 Å². The number of nitrogens with one attached hydrogen (secondary N) is 1. The van der Waals surface area contributed by atoms with Gasteiger partial charge in [0.1, 0.15) is 11.9 Å². The van der Waals surface area contributed by atoms with E-state index < -0.39 is 95.4 Å². The molecule has 0 aliphatic carbocycles. The van der Waals surface area contributed by atoms with E-state index in [1.807, 2.05) is 0 Å². The van der Waals surface area contributed by atoms with Crippen molar-refractivity contribution in [2.75, 3.05) is 0 Å². The third-order valence-electron chi connectivity index (χ3n) is 5.49. The number of benzene rings is 1. The van der Waals surface area contributed by atoms with Crippen LogP contribution < -0.4 is 10.1 Å². The summed E-state index contributed by atoms with van der Waals surface area (Å²) in [5.41, 5.74) is -1.54. The fourth-order valence-corrected chi connectivity index (χ4v) is 2.88. The molecule has 0 fully saturated rings. The molecule has 1 amide bonds. The normalized spacial score (nSPS) is 15.8. The number of halogens is 21. The van der Waals surface area contributed by atoms with Crippen LogP contribution in [0.1, 0.15) is 18.6 Å². The lowest BCUT2D eigenvalue weighted by molar-refractivity contribution is -0.349. The van der Waals surface area contributed by atoms with Crippen molar-refractivity contribution in [3.05, 3.63) is 29.8 Å². The highest BCUT2D eigenvalue weighted by Crippen LogP contribution is 2.50. The maximum absolute atomic E-state index is 13.9. The van der Waals surface area contributed by atoms with E-state index >= 15 is 0 Å². The molecule has 0 aromatic heterocycles. The van der Waals surface area contributed by atoms with Crippen LogP contribution in [0.3, 0.4) is 0 Å². The van der Waals surface area contributed by atoms with Crippen LogP contribution in [0.2, 0.25) is 0 Å². The van der Waals surface area contributed by atoms with Crippen LogP contribution in [0.5, 0.6) is 5.75 Å². The zero-order valence-corrected chi connectivity index (χ0v) is 21.9. The highest BCUT2D eigenvalue weighted by Gasteiger charge is 2.79. The van der Waals surface area contributed by atoms with Crippen LogP contribution in [-0.4, -0.2) is 78.0 Å². The second-order valence-electron chi connectivity index (χ2n) is 8.99. The number of hydrogen-bond donors (Lipinski definition) is 1. The van der Waals surface area contributed by atoms with Crippen LogP contribution in [-0.2, 0) is 19.1 Å². The van der Waals surface area contributed by atoms with Crippen molar-refractivity contribution < 1.29 is 116 Å². The number of carbonyl (C=O) groups excluding carboxylic acids is 3. The summed E-state index contributed by atoms with van der Waals surface area (Å²) in [6.07, 6.45) is -25.0. The number of carbonyl (C=O) groups is 3. The first-order chi connectivity index (χ1) is 20.9. The minimum atomic E-state index is -7.36. The van der Waals surface area contributed by atoms with Gasteiger partial charge in [-0.2, -0.15) is 92.2 Å². The average molecular weight is 755 g/mol. The molecule has 2 unspecified atom stereocenters. The quantitative estimate of drug-likeness (QED) is 0.147. The van der Waals surface area contributed by atoms with Crippen molar-refractivity contribution in [3.8, 4) is 5.75 Å². The van der Waals surface area contributed by atoms with Crippen molar-refractivity contribution in [2.24, 2.45) is 0 Å². The van der Waals surface area contributed by atoms with Crippen LogP contribution in [0.4, 0.5) is 92.2 Å². The first kappa shape index (κ1) is 42.2. The van der Waals surface area contributed by atoms with Gasteiger partial charge in [-0.25, -0.2) is 9.59 Å². The lowest BCUT2D eigenvalue weighted by Gasteiger charge is -2.32. The molecule has 0 heterocycles. The topological polar surface area (TPSA) is 81.7 Å². The van der Waals surface area contributed by atoms with E-state index in [2.05, 4.69) is 9.47 Å². The fraction of sp³-hybridized carbons (Fsp3) is 0.571. The summed E-state index contributed by atoms with van der Waals surface area (Å²) >= 11 is 0. The van der Waals surface area contributed by atoms with E-state index in [0.29, 0.717) is 5.32 Å². The molecule has 1 rings (SSSR count). The Morgan fingerprint density at radius 1 is 0.583 bits per heavy atom. The van der Waals surface area contributed by atoms with E-state index in [1.54, 1.807) is 0 Å². The van der Waals surface area contributed by atoms with Gasteiger partial charge >= 0.3 is 66.0 Å². The molecular weight excluding hydrogens is 745 g/mol. The molecular formula is C21H10F21NO5. The van der Waals surface area contributed by atoms with Crippen molar-refractivity contribution >= 4 is 17.8 Å². The lowest BCUT2D eigenvalue weighted by atomic mass is 10.0. The summed E-state index contributed by atoms with van der Waals surface area (Å²) in [5.74, 6) is -55.8. The molecule has 48 heavy (non-hydrogen) atoms. The molecule has 276 valence electrons. The third-order valence-corrected chi connectivity index (χ3v) is 5.49. The molecule has 1 N–H and O–H groups in total. The zero-order valence-electron chi connectivity index (χ0n) is 21.9. The van der Waals surface area contributed by atoms with E-state index in [4.69, 9.17) is 0 Å². The van der Waals surface area contributed by atoms with Gasteiger partial charge in [-0.3, -0.25) is 4.79 Å². The summed E-state index contributed by atoms with van der Waals surface area (Å²) in [6, 6.07) is -2.82. The van der Waals surface area contributed by atoms with Gasteiger partial charge in [0.25, 0.3) is 5.91 Å². The average Bonchev–Trinajstić information content (AvgIpc) is 2.89. The summed E-state index contributed by atoms with van der Waals surface area (Å²) in [6.45, 7) is 0.00835. The number of rotatable bonds is 11. The second kappa shape index (κ2) is 12.6. The van der Waals surface area contributed by atoms with Crippen LogP contribution >= 0.6 is 0 Å². The lowest BCUT2D eigenvalue weighted by Crippen LogP contribution is -2.61. The van der Waals surface area contributed by atoms with Gasteiger partial charge in [0.05, 0.1) is 6.04 Å². The van der Waals surface area contributed by atoms with Crippen molar-refractivity contribution in [2.45, 2.75) is 73.1 Å². The standard InChI is InChI=1S/C21H10F21NO5/c1-6(43-10(44)13(22,23)16(28,29)19(34,35)36)9(48-12(46)15(26,27)18(32,33)21(40,41)42)7-3-2-4-8(5-7)47-11(45)14(24,25)17(30,31)20(37,38)39/h2-6,9H,1H3,(H,43,44). The maximum Gasteiger partial charge on any atom is 0.460 e. The molecule has 0 aliphatic heterocycles. The molecule has 27 heteroatoms. The summed E-state index contributed by atoms with van der Waals surface area (Å²) < 4.78 is 281. The monoisotopic (exact) mass is 755 g/mol. The van der Waals surface area contributed by atoms with Gasteiger partial charge in [0.15, 0.2) is 0 Å². The molecule has 0 saturated heterocycles. The zero-order chi connectivity index (χ0) is 38.5. The molecule has 0 saturated carbocycles. The molecule has 0 radical (unpaired) electrons. The van der Waals surface area contributed by atoms with Gasteiger partial charge in [0, 0.05) is 0 Å². The number of hydrogen-bond acceptors (Lipinski definition) is 5. The van der Waals surface area contributed by atoms with Crippen molar-refractivity contribution in [3.63, 3.8) is 0 Å². The number of esters is 2.